The normalized spacial score (nSPS) is 15.9. The third kappa shape index (κ3) is 5.45. The van der Waals surface area contributed by atoms with Crippen LogP contribution in [0.3, 0.4) is 0 Å². The Bertz CT molecular complexity index is 173. The summed E-state index contributed by atoms with van der Waals surface area (Å²) in [7, 11) is 0. The highest BCUT2D eigenvalue weighted by Crippen LogP contribution is 2.13. The molecule has 0 saturated heterocycles. The van der Waals surface area contributed by atoms with Gasteiger partial charge in [-0.25, -0.2) is 0 Å². The van der Waals surface area contributed by atoms with E-state index >= 15 is 0 Å². The van der Waals surface area contributed by atoms with E-state index in [1.807, 2.05) is 13.0 Å². The molecule has 0 rings (SSSR count). The zero-order chi connectivity index (χ0) is 10.3. The van der Waals surface area contributed by atoms with Gasteiger partial charge in [0.2, 0.25) is 0 Å². The van der Waals surface area contributed by atoms with Crippen LogP contribution in [0.4, 0.5) is 0 Å². The second kappa shape index (κ2) is 6.70. The van der Waals surface area contributed by atoms with Crippen LogP contribution in [-0.2, 0) is 4.79 Å². The van der Waals surface area contributed by atoms with Gasteiger partial charge in [0.25, 0.3) is 0 Å². The van der Waals surface area contributed by atoms with Crippen molar-refractivity contribution < 1.29 is 9.90 Å². The van der Waals surface area contributed by atoms with Crippen LogP contribution in [-0.4, -0.2) is 11.1 Å². The third-order valence-electron chi connectivity index (χ3n) is 2.34. The lowest BCUT2D eigenvalue weighted by atomic mass is 9.95. The molecule has 2 atom stereocenters. The maximum absolute atomic E-state index is 10.6. The minimum Gasteiger partial charge on any atom is -0.481 e. The third-order valence-corrected chi connectivity index (χ3v) is 2.34. The molecule has 0 heterocycles. The van der Waals surface area contributed by atoms with Crippen molar-refractivity contribution >= 4 is 5.97 Å². The molecule has 0 amide bonds. The van der Waals surface area contributed by atoms with Crippen LogP contribution < -0.4 is 0 Å². The molecule has 0 aliphatic heterocycles. The predicted octanol–water partition coefficient (Wildman–Crippen LogP) is 3.09. The summed E-state index contributed by atoms with van der Waals surface area (Å²) in [6.45, 7) is 5.84. The first-order valence-corrected chi connectivity index (χ1v) is 4.99. The van der Waals surface area contributed by atoms with Gasteiger partial charge in [0, 0.05) is 0 Å². The Morgan fingerprint density at radius 2 is 2.08 bits per heavy atom. The summed E-state index contributed by atoms with van der Waals surface area (Å²) in [6.07, 6.45) is 7.53. The van der Waals surface area contributed by atoms with Gasteiger partial charge in [-0.3, -0.25) is 4.79 Å². The average molecular weight is 184 g/mol. The van der Waals surface area contributed by atoms with Crippen LogP contribution in [0.1, 0.15) is 40.0 Å². The largest absolute Gasteiger partial charge is 0.481 e. The van der Waals surface area contributed by atoms with E-state index in [9.17, 15) is 4.79 Å². The number of carbonyl (C=O) groups is 1. The Labute approximate surface area is 80.7 Å². The summed E-state index contributed by atoms with van der Waals surface area (Å²) < 4.78 is 0. The summed E-state index contributed by atoms with van der Waals surface area (Å²) in [5.74, 6) is -0.861. The van der Waals surface area contributed by atoms with Gasteiger partial charge in [-0.1, -0.05) is 45.8 Å². The van der Waals surface area contributed by atoms with Crippen LogP contribution in [0.2, 0.25) is 0 Å². The maximum atomic E-state index is 10.6. The highest BCUT2D eigenvalue weighted by molar-refractivity contribution is 5.70. The van der Waals surface area contributed by atoms with Crippen LogP contribution in [0.5, 0.6) is 0 Å². The lowest BCUT2D eigenvalue weighted by Crippen LogP contribution is -2.16. The van der Waals surface area contributed by atoms with Crippen molar-refractivity contribution in [1.82, 2.24) is 0 Å². The van der Waals surface area contributed by atoms with E-state index in [1.165, 1.54) is 12.8 Å². The van der Waals surface area contributed by atoms with E-state index in [1.54, 1.807) is 6.92 Å². The van der Waals surface area contributed by atoms with E-state index in [4.69, 9.17) is 5.11 Å². The van der Waals surface area contributed by atoms with Crippen LogP contribution >= 0.6 is 0 Å². The van der Waals surface area contributed by atoms with Gasteiger partial charge in [0.05, 0.1) is 5.92 Å². The molecule has 0 aromatic carbocycles. The maximum Gasteiger partial charge on any atom is 0.306 e. The summed E-state index contributed by atoms with van der Waals surface area (Å²) in [5, 5.41) is 8.72. The van der Waals surface area contributed by atoms with Gasteiger partial charge in [0.15, 0.2) is 0 Å². The zero-order valence-electron chi connectivity index (χ0n) is 8.79. The van der Waals surface area contributed by atoms with Gasteiger partial charge in [-0.15, -0.1) is 0 Å². The van der Waals surface area contributed by atoms with Gasteiger partial charge in [-0.2, -0.15) is 0 Å². The zero-order valence-corrected chi connectivity index (χ0v) is 8.79. The van der Waals surface area contributed by atoms with Crippen LogP contribution in [0, 0.1) is 11.8 Å². The van der Waals surface area contributed by atoms with Crippen molar-refractivity contribution in [2.75, 3.05) is 0 Å². The Morgan fingerprint density at radius 3 is 2.54 bits per heavy atom. The molecule has 13 heavy (non-hydrogen) atoms. The van der Waals surface area contributed by atoms with Crippen molar-refractivity contribution in [2.45, 2.75) is 40.0 Å². The Morgan fingerprint density at radius 1 is 1.46 bits per heavy atom. The first-order valence-electron chi connectivity index (χ1n) is 4.99. The number of rotatable bonds is 6. The van der Waals surface area contributed by atoms with Gasteiger partial charge >= 0.3 is 5.97 Å². The molecule has 2 nitrogen and oxygen atoms in total. The number of allylic oxidation sites excluding steroid dienone is 2. The lowest BCUT2D eigenvalue weighted by Gasteiger charge is -2.10. The minimum atomic E-state index is -0.715. The number of aliphatic carboxylic acids is 1. The molecule has 0 saturated carbocycles. The van der Waals surface area contributed by atoms with Crippen molar-refractivity contribution in [3.63, 3.8) is 0 Å². The predicted molar refractivity (Wildman–Crippen MR) is 54.6 cm³/mol. The molecule has 2 unspecified atom stereocenters. The quantitative estimate of drug-likeness (QED) is 0.508. The molecule has 0 spiro atoms. The van der Waals surface area contributed by atoms with E-state index < -0.39 is 5.97 Å². The van der Waals surface area contributed by atoms with Gasteiger partial charge in [-0.05, 0) is 12.3 Å². The highest BCUT2D eigenvalue weighted by Gasteiger charge is 2.15. The summed E-state index contributed by atoms with van der Waals surface area (Å²) in [4.78, 5) is 10.6. The lowest BCUT2D eigenvalue weighted by molar-refractivity contribution is -0.142. The fraction of sp³-hybridized carbons (Fsp3) is 0.727. The van der Waals surface area contributed by atoms with Crippen LogP contribution in [0.15, 0.2) is 12.2 Å². The molecule has 0 radical (unpaired) electrons. The highest BCUT2D eigenvalue weighted by atomic mass is 16.4. The van der Waals surface area contributed by atoms with E-state index in [-0.39, 0.29) is 11.8 Å². The molecule has 0 aliphatic rings. The summed E-state index contributed by atoms with van der Waals surface area (Å²) >= 11 is 0. The number of unbranched alkanes of at least 4 members (excludes halogenated alkanes) is 2. The second-order valence-corrected chi connectivity index (χ2v) is 3.56. The summed E-state index contributed by atoms with van der Waals surface area (Å²) in [5.41, 5.74) is 0. The molecule has 2 heteroatoms. The molecule has 0 aromatic heterocycles. The molecule has 0 bridgehead atoms. The molecular weight excluding hydrogens is 164 g/mol. The Balaban J connectivity index is 3.77. The van der Waals surface area contributed by atoms with Crippen LogP contribution in [0.25, 0.3) is 0 Å². The monoisotopic (exact) mass is 184 g/mol. The van der Waals surface area contributed by atoms with E-state index in [0.29, 0.717) is 0 Å². The number of hydrogen-bond acceptors (Lipinski definition) is 1. The molecular formula is C11H20O2. The van der Waals surface area contributed by atoms with E-state index in [2.05, 4.69) is 13.0 Å². The van der Waals surface area contributed by atoms with E-state index in [0.717, 1.165) is 6.42 Å². The molecule has 0 aliphatic carbocycles. The first-order chi connectivity index (χ1) is 6.09. The van der Waals surface area contributed by atoms with Crippen molar-refractivity contribution in [2.24, 2.45) is 11.8 Å². The molecule has 0 aromatic rings. The SMILES string of the molecule is CCCC/C=C/C(C)C(C)C(=O)O. The number of carboxylic acids is 1. The number of hydrogen-bond donors (Lipinski definition) is 1. The van der Waals surface area contributed by atoms with Crippen molar-refractivity contribution in [3.8, 4) is 0 Å². The smallest absolute Gasteiger partial charge is 0.306 e. The molecule has 76 valence electrons. The van der Waals surface area contributed by atoms with Crippen molar-refractivity contribution in [1.29, 1.82) is 0 Å². The average Bonchev–Trinajstić information content (AvgIpc) is 2.10. The Hall–Kier alpha value is -0.790. The fourth-order valence-corrected chi connectivity index (χ4v) is 1.02. The topological polar surface area (TPSA) is 37.3 Å². The molecule has 1 N–H and O–H groups in total. The molecule has 0 fully saturated rings. The summed E-state index contributed by atoms with van der Waals surface area (Å²) in [6, 6.07) is 0. The minimum absolute atomic E-state index is 0.134. The second-order valence-electron chi connectivity index (χ2n) is 3.56. The fourth-order valence-electron chi connectivity index (χ4n) is 1.02. The van der Waals surface area contributed by atoms with Crippen molar-refractivity contribution in [3.05, 3.63) is 12.2 Å². The van der Waals surface area contributed by atoms with Gasteiger partial charge < -0.3 is 5.11 Å². The van der Waals surface area contributed by atoms with Gasteiger partial charge in [0.1, 0.15) is 0 Å². The number of carboxylic acid groups (broad SMARTS) is 1. The first kappa shape index (κ1) is 12.2. The standard InChI is InChI=1S/C11H20O2/c1-4-5-6-7-8-9(2)10(3)11(12)13/h7-10H,4-6H2,1-3H3,(H,12,13)/b8-7+. The Kier molecular flexibility index (Phi) is 6.29.